The van der Waals surface area contributed by atoms with Crippen molar-refractivity contribution < 1.29 is 4.79 Å². The minimum absolute atomic E-state index is 0.638. The molecule has 0 heterocycles. The molecular weight excluding hydrogens is 162 g/mol. The van der Waals surface area contributed by atoms with Crippen molar-refractivity contribution in [1.82, 2.24) is 0 Å². The maximum Gasteiger partial charge on any atom is 0.120 e. The van der Waals surface area contributed by atoms with Gasteiger partial charge in [0.25, 0.3) is 0 Å². The number of hydrogen-bond acceptors (Lipinski definition) is 2. The van der Waals surface area contributed by atoms with Crippen LogP contribution in [0.1, 0.15) is 18.4 Å². The highest BCUT2D eigenvalue weighted by Crippen LogP contribution is 2.08. The predicted molar refractivity (Wildman–Crippen MR) is 55.0 cm³/mol. The number of carbonyl (C=O) groups excluding carboxylic acids is 1. The minimum Gasteiger partial charge on any atom is -0.385 e. The summed E-state index contributed by atoms with van der Waals surface area (Å²) in [5.41, 5.74) is 2.38. The molecule has 0 amide bonds. The molecule has 1 aromatic rings. The summed E-state index contributed by atoms with van der Waals surface area (Å²) in [6, 6.07) is 8.25. The highest BCUT2D eigenvalue weighted by Gasteiger charge is 1.90. The number of hydrogen-bond donors (Lipinski definition) is 1. The van der Waals surface area contributed by atoms with Crippen LogP contribution in [0.3, 0.4) is 0 Å². The largest absolute Gasteiger partial charge is 0.385 e. The van der Waals surface area contributed by atoms with E-state index in [4.69, 9.17) is 0 Å². The zero-order valence-electron chi connectivity index (χ0n) is 7.92. The first-order valence-electron chi connectivity index (χ1n) is 4.57. The first-order chi connectivity index (χ1) is 6.33. The van der Waals surface area contributed by atoms with Gasteiger partial charge in [-0.2, -0.15) is 0 Å². The second-order valence-electron chi connectivity index (χ2n) is 3.10. The van der Waals surface area contributed by atoms with Crippen molar-refractivity contribution in [3.8, 4) is 0 Å². The smallest absolute Gasteiger partial charge is 0.120 e. The summed E-state index contributed by atoms with van der Waals surface area (Å²) in [6.45, 7) is 2.93. The molecule has 1 N–H and O–H groups in total. The molecule has 2 nitrogen and oxygen atoms in total. The van der Waals surface area contributed by atoms with Crippen molar-refractivity contribution >= 4 is 12.0 Å². The number of unbranched alkanes of at least 4 members (excludes halogenated alkanes) is 1. The second-order valence-corrected chi connectivity index (χ2v) is 3.10. The summed E-state index contributed by atoms with van der Waals surface area (Å²) in [7, 11) is 0. The van der Waals surface area contributed by atoms with Crippen LogP contribution >= 0.6 is 0 Å². The van der Waals surface area contributed by atoms with Gasteiger partial charge >= 0.3 is 0 Å². The Morgan fingerprint density at radius 2 is 2.00 bits per heavy atom. The van der Waals surface area contributed by atoms with Crippen LogP contribution in [0.15, 0.2) is 24.3 Å². The SMILES string of the molecule is Cc1ccc(NCCCC=O)cc1. The standard InChI is InChI=1S/C11H15NO/c1-10-4-6-11(7-5-10)12-8-2-3-9-13/h4-7,9,12H,2-3,8H2,1H3. The average molecular weight is 177 g/mol. The van der Waals surface area contributed by atoms with E-state index >= 15 is 0 Å². The van der Waals surface area contributed by atoms with Gasteiger partial charge in [0, 0.05) is 18.7 Å². The Labute approximate surface area is 79.0 Å². The van der Waals surface area contributed by atoms with Crippen molar-refractivity contribution in [2.45, 2.75) is 19.8 Å². The van der Waals surface area contributed by atoms with Gasteiger partial charge in [-0.3, -0.25) is 0 Å². The Balaban J connectivity index is 2.28. The van der Waals surface area contributed by atoms with Crippen LogP contribution in [0.2, 0.25) is 0 Å². The molecule has 1 aromatic carbocycles. The molecule has 0 atom stereocenters. The second kappa shape index (κ2) is 5.36. The molecule has 0 aromatic heterocycles. The molecule has 0 bridgehead atoms. The zero-order valence-corrected chi connectivity index (χ0v) is 7.92. The van der Waals surface area contributed by atoms with Gasteiger partial charge in [-0.05, 0) is 25.5 Å². The van der Waals surface area contributed by atoms with Crippen LogP contribution in [0.4, 0.5) is 5.69 Å². The lowest BCUT2D eigenvalue weighted by Gasteiger charge is -2.04. The van der Waals surface area contributed by atoms with Gasteiger partial charge in [-0.25, -0.2) is 0 Å². The van der Waals surface area contributed by atoms with Crippen LogP contribution in [0.25, 0.3) is 0 Å². The molecule has 0 spiro atoms. The Kier molecular flexibility index (Phi) is 4.03. The first kappa shape index (κ1) is 9.78. The van der Waals surface area contributed by atoms with E-state index < -0.39 is 0 Å². The lowest BCUT2D eigenvalue weighted by molar-refractivity contribution is -0.107. The molecule has 0 unspecified atom stereocenters. The van der Waals surface area contributed by atoms with Crippen LogP contribution in [-0.4, -0.2) is 12.8 Å². The minimum atomic E-state index is 0.638. The van der Waals surface area contributed by atoms with Crippen molar-refractivity contribution in [1.29, 1.82) is 0 Å². The average Bonchev–Trinajstić information content (AvgIpc) is 2.15. The van der Waals surface area contributed by atoms with Crippen LogP contribution in [0.5, 0.6) is 0 Å². The summed E-state index contributed by atoms with van der Waals surface area (Å²) < 4.78 is 0. The van der Waals surface area contributed by atoms with Gasteiger partial charge in [0.05, 0.1) is 0 Å². The van der Waals surface area contributed by atoms with E-state index in [1.54, 1.807) is 0 Å². The topological polar surface area (TPSA) is 29.1 Å². The van der Waals surface area contributed by atoms with Crippen molar-refractivity contribution in [3.63, 3.8) is 0 Å². The van der Waals surface area contributed by atoms with Crippen molar-refractivity contribution in [2.24, 2.45) is 0 Å². The lowest BCUT2D eigenvalue weighted by Crippen LogP contribution is -2.01. The van der Waals surface area contributed by atoms with E-state index in [-0.39, 0.29) is 0 Å². The number of nitrogens with one attached hydrogen (secondary N) is 1. The van der Waals surface area contributed by atoms with E-state index in [0.717, 1.165) is 24.9 Å². The molecule has 0 aliphatic rings. The maximum atomic E-state index is 10.0. The molecular formula is C11H15NO. The number of aryl methyl sites for hydroxylation is 1. The Hall–Kier alpha value is -1.31. The fourth-order valence-corrected chi connectivity index (χ4v) is 1.09. The van der Waals surface area contributed by atoms with Crippen molar-refractivity contribution in [2.75, 3.05) is 11.9 Å². The molecule has 0 fully saturated rings. The summed E-state index contributed by atoms with van der Waals surface area (Å²) in [5.74, 6) is 0. The van der Waals surface area contributed by atoms with Gasteiger partial charge in [0.2, 0.25) is 0 Å². The molecule has 2 heteroatoms. The Morgan fingerprint density at radius 3 is 2.62 bits per heavy atom. The Bertz CT molecular complexity index is 253. The van der Waals surface area contributed by atoms with Crippen molar-refractivity contribution in [3.05, 3.63) is 29.8 Å². The summed E-state index contributed by atoms with van der Waals surface area (Å²) >= 11 is 0. The van der Waals surface area contributed by atoms with Gasteiger partial charge in [-0.1, -0.05) is 17.7 Å². The van der Waals surface area contributed by atoms with Crippen LogP contribution in [-0.2, 0) is 4.79 Å². The zero-order chi connectivity index (χ0) is 9.52. The third-order valence-corrected chi connectivity index (χ3v) is 1.88. The highest BCUT2D eigenvalue weighted by atomic mass is 16.1. The normalized spacial score (nSPS) is 9.62. The summed E-state index contributed by atoms with van der Waals surface area (Å²) in [4.78, 5) is 10.0. The predicted octanol–water partition coefficient (Wildman–Crippen LogP) is 2.39. The third-order valence-electron chi connectivity index (χ3n) is 1.88. The molecule has 0 aliphatic carbocycles. The maximum absolute atomic E-state index is 10.0. The number of benzene rings is 1. The monoisotopic (exact) mass is 177 g/mol. The lowest BCUT2D eigenvalue weighted by atomic mass is 10.2. The fourth-order valence-electron chi connectivity index (χ4n) is 1.09. The number of aldehydes is 1. The molecule has 0 saturated carbocycles. The molecule has 0 saturated heterocycles. The van der Waals surface area contributed by atoms with E-state index in [9.17, 15) is 4.79 Å². The van der Waals surface area contributed by atoms with Gasteiger partial charge in [-0.15, -0.1) is 0 Å². The molecule has 70 valence electrons. The van der Waals surface area contributed by atoms with E-state index in [1.165, 1.54) is 5.56 Å². The number of carbonyl (C=O) groups is 1. The van der Waals surface area contributed by atoms with Gasteiger partial charge < -0.3 is 10.1 Å². The Morgan fingerprint density at radius 1 is 1.31 bits per heavy atom. The van der Waals surface area contributed by atoms with E-state index in [1.807, 2.05) is 0 Å². The quantitative estimate of drug-likeness (QED) is 0.552. The van der Waals surface area contributed by atoms with Gasteiger partial charge in [0.15, 0.2) is 0 Å². The number of anilines is 1. The van der Waals surface area contributed by atoms with E-state index in [2.05, 4.69) is 36.5 Å². The molecule has 0 radical (unpaired) electrons. The highest BCUT2D eigenvalue weighted by molar-refractivity contribution is 5.49. The molecule has 1 rings (SSSR count). The van der Waals surface area contributed by atoms with Crippen LogP contribution < -0.4 is 5.32 Å². The summed E-state index contributed by atoms with van der Waals surface area (Å²) in [6.07, 6.45) is 2.49. The molecule has 0 aliphatic heterocycles. The summed E-state index contributed by atoms with van der Waals surface area (Å²) in [5, 5.41) is 3.25. The van der Waals surface area contributed by atoms with E-state index in [0.29, 0.717) is 6.42 Å². The fraction of sp³-hybridized carbons (Fsp3) is 0.364. The first-order valence-corrected chi connectivity index (χ1v) is 4.57. The number of rotatable bonds is 5. The van der Waals surface area contributed by atoms with Crippen LogP contribution in [0, 0.1) is 6.92 Å². The molecule has 13 heavy (non-hydrogen) atoms. The van der Waals surface area contributed by atoms with Gasteiger partial charge in [0.1, 0.15) is 6.29 Å². The third kappa shape index (κ3) is 3.74.